The minimum Gasteiger partial charge on any atom is -0.486 e. The largest absolute Gasteiger partial charge is 0.486 e. The van der Waals surface area contributed by atoms with Crippen molar-refractivity contribution in [2.45, 2.75) is 93.2 Å². The summed E-state index contributed by atoms with van der Waals surface area (Å²) in [5.74, 6) is -13.7. The smallest absolute Gasteiger partial charge is 0.340 e. The van der Waals surface area contributed by atoms with E-state index in [4.69, 9.17) is 28.6 Å². The zero-order valence-corrected chi connectivity index (χ0v) is 58.3. The standard InChI is InChI=1S/C82H66F8N4O12/c1-43-31-45(3)71(46(4)32-43)77(99)63-37-61-59-35-51(73(91-105-49(7)95)57-21-13-15-23-67(57)103-41-81(87,88)79(83)84)25-27-65(59)93(75(61)55-19-11-9-17-53(55)63)39-69(97)101-29-30-102-70(98)40-94-66-28-26-52(74(92-106-50(8)96)58-22-14-16-24-68(58)104-42-82(89,90)80(85)86)36-60(66)62-38-64(54-18-10-12-20-56(54)76(62)94)78(100)72-47(5)33-44(2)34-48(72)6/h9-28,31-38,79-80H,29-30,39-42H2,1-8H3. The molecule has 2 aromatic heterocycles. The molecule has 0 radical (unpaired) electrons. The van der Waals surface area contributed by atoms with Crippen LogP contribution in [0.5, 0.6) is 11.5 Å². The topological polar surface area (TPSA) is 192 Å². The lowest BCUT2D eigenvalue weighted by atomic mass is 9.89. The summed E-state index contributed by atoms with van der Waals surface area (Å²) < 4.78 is 137. The van der Waals surface area contributed by atoms with Gasteiger partial charge in [0, 0.05) is 102 Å². The average Bonchev–Trinajstić information content (AvgIpc) is 1.56. The van der Waals surface area contributed by atoms with Crippen molar-refractivity contribution in [1.82, 2.24) is 9.13 Å². The lowest BCUT2D eigenvalue weighted by molar-refractivity contribution is -0.152. The Bertz CT molecular complexity index is 5270. The van der Waals surface area contributed by atoms with E-state index >= 15 is 9.59 Å². The van der Waals surface area contributed by atoms with Crippen molar-refractivity contribution < 1.29 is 92.5 Å². The second-order valence-electron chi connectivity index (χ2n) is 25.8. The number of hydrogen-bond donors (Lipinski definition) is 0. The molecule has 10 aromatic carbocycles. The predicted octanol–water partition coefficient (Wildman–Crippen LogP) is 17.5. The van der Waals surface area contributed by atoms with E-state index in [1.165, 1.54) is 60.7 Å². The van der Waals surface area contributed by atoms with Gasteiger partial charge >= 0.3 is 48.6 Å². The molecule has 0 atom stereocenters. The summed E-state index contributed by atoms with van der Waals surface area (Å²) in [4.78, 5) is 94.1. The summed E-state index contributed by atoms with van der Waals surface area (Å²) >= 11 is 0. The number of carbonyl (C=O) groups is 6. The van der Waals surface area contributed by atoms with Crippen molar-refractivity contribution in [2.75, 3.05) is 26.4 Å². The van der Waals surface area contributed by atoms with E-state index in [1.54, 1.807) is 94.1 Å². The first-order valence-electron chi connectivity index (χ1n) is 33.3. The predicted molar refractivity (Wildman–Crippen MR) is 385 cm³/mol. The molecule has 16 nitrogen and oxygen atoms in total. The number of fused-ring (bicyclic) bond motifs is 10. The summed E-state index contributed by atoms with van der Waals surface area (Å²) in [5.41, 5.74) is 8.09. The molecule has 0 spiro atoms. The first kappa shape index (κ1) is 73.7. The molecule has 542 valence electrons. The Kier molecular flexibility index (Phi) is 20.8. The van der Waals surface area contributed by atoms with Gasteiger partial charge in [0.05, 0.1) is 11.0 Å². The molecule has 0 saturated carbocycles. The van der Waals surface area contributed by atoms with E-state index in [-0.39, 0.29) is 56.7 Å². The fraction of sp³-hybridized carbons (Fsp3) is 0.220. The highest BCUT2D eigenvalue weighted by Gasteiger charge is 2.43. The third-order valence-corrected chi connectivity index (χ3v) is 18.0. The first-order valence-corrected chi connectivity index (χ1v) is 33.3. The summed E-state index contributed by atoms with van der Waals surface area (Å²) in [6.07, 6.45) is -8.11. The van der Waals surface area contributed by atoms with Gasteiger partial charge in [-0.25, -0.2) is 27.2 Å². The Hall–Kier alpha value is -12.1. The average molecular weight is 1450 g/mol. The van der Waals surface area contributed by atoms with Gasteiger partial charge in [-0.2, -0.15) is 17.6 Å². The number of nitrogens with zero attached hydrogens (tertiary/aromatic N) is 4. The molecular formula is C82H66F8N4O12. The van der Waals surface area contributed by atoms with Gasteiger partial charge in [-0.05, 0) is 135 Å². The number of halogens is 8. The van der Waals surface area contributed by atoms with Gasteiger partial charge in [-0.3, -0.25) is 19.2 Å². The maximum absolute atomic E-state index is 15.1. The van der Waals surface area contributed by atoms with Crippen LogP contribution in [0.1, 0.15) is 101 Å². The van der Waals surface area contributed by atoms with Crippen molar-refractivity contribution in [3.8, 4) is 11.5 Å². The third kappa shape index (κ3) is 14.8. The normalized spacial score (nSPS) is 12.3. The van der Waals surface area contributed by atoms with Crippen LogP contribution in [0.25, 0.3) is 65.2 Å². The highest BCUT2D eigenvalue weighted by atomic mass is 19.3. The fourth-order valence-corrected chi connectivity index (χ4v) is 13.7. The number of aromatic nitrogens is 2. The van der Waals surface area contributed by atoms with Crippen LogP contribution in [0.15, 0.2) is 180 Å². The maximum atomic E-state index is 15.1. The number of hydrogen-bond acceptors (Lipinski definition) is 14. The number of benzene rings is 10. The fourth-order valence-electron chi connectivity index (χ4n) is 13.7. The van der Waals surface area contributed by atoms with Gasteiger partial charge < -0.3 is 37.8 Å². The number of para-hydroxylation sites is 2. The lowest BCUT2D eigenvalue weighted by Crippen LogP contribution is -2.34. The molecule has 24 heteroatoms. The molecule has 0 saturated heterocycles. The molecule has 0 aliphatic carbocycles. The SMILES string of the molecule is CC(=O)ON=C(c1ccc2c(c1)c1cc(C(=O)c3c(C)cc(C)cc3C)c3ccccc3c1n2CC(=O)OCCOC(=O)Cn1c2ccc(C(=NOC(C)=O)c3ccccc3OCC(F)(F)C(F)F)cc2c2cc(C(=O)c3c(C)cc(C)cc3C)c3ccccc3c21)c1ccccc1OCC(F)(F)C(F)F. The van der Waals surface area contributed by atoms with Crippen LogP contribution in [-0.4, -0.2) is 107 Å². The van der Waals surface area contributed by atoms with Gasteiger partial charge in [-0.1, -0.05) is 131 Å². The molecule has 0 fully saturated rings. The molecule has 106 heavy (non-hydrogen) atoms. The van der Waals surface area contributed by atoms with Gasteiger partial charge in [0.25, 0.3) is 0 Å². The molecule has 0 N–H and O–H groups in total. The summed E-state index contributed by atoms with van der Waals surface area (Å²) in [6.45, 7) is 8.05. The van der Waals surface area contributed by atoms with Crippen molar-refractivity contribution in [3.63, 3.8) is 0 Å². The number of esters is 2. The molecule has 0 amide bonds. The quantitative estimate of drug-likeness (QED) is 0.0100. The Balaban J connectivity index is 0.899. The Labute approximate surface area is 600 Å². The van der Waals surface area contributed by atoms with E-state index in [1.807, 2.05) is 65.8 Å². The molecule has 2 heterocycles. The Morgan fingerprint density at radius 1 is 0.406 bits per heavy atom. The van der Waals surface area contributed by atoms with E-state index in [2.05, 4.69) is 10.3 Å². The highest BCUT2D eigenvalue weighted by molar-refractivity contribution is 6.29. The molecular weight excluding hydrogens is 1380 g/mol. The van der Waals surface area contributed by atoms with Crippen molar-refractivity contribution in [1.29, 1.82) is 0 Å². The summed E-state index contributed by atoms with van der Waals surface area (Å²) in [5, 5.41) is 12.0. The zero-order chi connectivity index (χ0) is 75.8. The third-order valence-electron chi connectivity index (χ3n) is 18.0. The number of oxime groups is 2. The second kappa shape index (κ2) is 29.9. The number of alkyl halides is 8. The molecule has 0 aliphatic heterocycles. The van der Waals surface area contributed by atoms with E-state index in [0.29, 0.717) is 87.4 Å². The van der Waals surface area contributed by atoms with E-state index < -0.39 is 88.1 Å². The van der Waals surface area contributed by atoms with Crippen molar-refractivity contribution in [3.05, 3.63) is 248 Å². The van der Waals surface area contributed by atoms with Gasteiger partial charge in [0.1, 0.15) is 49.2 Å². The molecule has 0 unspecified atom stereocenters. The van der Waals surface area contributed by atoms with Gasteiger partial charge in [-0.15, -0.1) is 0 Å². The molecule has 12 aromatic rings. The number of aryl methyl sites for hydroxylation is 6. The monoisotopic (exact) mass is 1450 g/mol. The lowest BCUT2D eigenvalue weighted by Gasteiger charge is -2.18. The minimum atomic E-state index is -4.55. The van der Waals surface area contributed by atoms with Crippen LogP contribution in [0.3, 0.4) is 0 Å². The summed E-state index contributed by atoms with van der Waals surface area (Å²) in [7, 11) is 0. The number of ketones is 2. The van der Waals surface area contributed by atoms with Crippen LogP contribution in [-0.2, 0) is 51.4 Å². The molecule has 0 bridgehead atoms. The number of rotatable bonds is 25. The van der Waals surface area contributed by atoms with Crippen LogP contribution in [0, 0.1) is 41.5 Å². The van der Waals surface area contributed by atoms with E-state index in [9.17, 15) is 54.3 Å². The Morgan fingerprint density at radius 2 is 0.745 bits per heavy atom. The van der Waals surface area contributed by atoms with E-state index in [0.717, 1.165) is 47.2 Å². The first-order chi connectivity index (χ1) is 50.5. The maximum Gasteiger partial charge on any atom is 0.340 e. The van der Waals surface area contributed by atoms with Gasteiger partial charge in [0.2, 0.25) is 0 Å². The van der Waals surface area contributed by atoms with Crippen molar-refractivity contribution in [2.24, 2.45) is 10.3 Å². The minimum absolute atomic E-state index is 0.0315. The molecule has 12 rings (SSSR count). The molecule has 0 aliphatic rings. The number of carbonyl (C=O) groups excluding carboxylic acids is 6. The van der Waals surface area contributed by atoms with Crippen LogP contribution in [0.2, 0.25) is 0 Å². The second-order valence-corrected chi connectivity index (χ2v) is 25.8. The highest BCUT2D eigenvalue weighted by Crippen LogP contribution is 2.42. The zero-order valence-electron chi connectivity index (χ0n) is 58.3. The van der Waals surface area contributed by atoms with Crippen LogP contribution < -0.4 is 9.47 Å². The van der Waals surface area contributed by atoms with Crippen LogP contribution in [0.4, 0.5) is 35.1 Å². The van der Waals surface area contributed by atoms with Crippen LogP contribution >= 0.6 is 0 Å². The van der Waals surface area contributed by atoms with Crippen molar-refractivity contribution >= 4 is 112 Å². The number of ether oxygens (including phenoxy) is 4. The van der Waals surface area contributed by atoms with Gasteiger partial charge in [0.15, 0.2) is 24.8 Å². The summed E-state index contributed by atoms with van der Waals surface area (Å²) in [6, 6.07) is 45.9. The Morgan fingerprint density at radius 3 is 1.09 bits per heavy atom.